The van der Waals surface area contributed by atoms with Crippen LogP contribution in [0.4, 0.5) is 0 Å². The molecule has 0 spiro atoms. The number of methoxy groups -OCH3 is 1. The quantitative estimate of drug-likeness (QED) is 0.333. The normalized spacial score (nSPS) is 9.66. The number of phenols is 1. The second kappa shape index (κ2) is 14.3. The minimum Gasteiger partial charge on any atom is -0.508 e. The van der Waals surface area contributed by atoms with Crippen molar-refractivity contribution in [1.82, 2.24) is 0 Å². The van der Waals surface area contributed by atoms with Crippen LogP contribution in [-0.4, -0.2) is 35.7 Å². The highest BCUT2D eigenvalue weighted by Crippen LogP contribution is 2.41. The second-order valence-corrected chi connectivity index (χ2v) is 7.15. The minimum absolute atomic E-state index is 0.0198. The Hall–Kier alpha value is -3.97. The maximum atomic E-state index is 11.7. The van der Waals surface area contributed by atoms with Gasteiger partial charge in [0.15, 0.2) is 5.43 Å². The van der Waals surface area contributed by atoms with Gasteiger partial charge in [0.1, 0.15) is 22.9 Å². The molecule has 2 aromatic carbocycles. The van der Waals surface area contributed by atoms with Crippen molar-refractivity contribution in [1.29, 1.82) is 0 Å². The Kier molecular flexibility index (Phi) is 11.9. The number of carbonyl (C=O) groups excluding carboxylic acids is 1. The average Bonchev–Trinajstić information content (AvgIpc) is 2.83. The van der Waals surface area contributed by atoms with Gasteiger partial charge in [0.05, 0.1) is 5.56 Å². The number of benzene rings is 3. The average molecular weight is 481 g/mol. The summed E-state index contributed by atoms with van der Waals surface area (Å²) in [6.45, 7) is 9.83. The van der Waals surface area contributed by atoms with Gasteiger partial charge in [0, 0.05) is 42.4 Å². The fourth-order valence-electron chi connectivity index (χ4n) is 3.04. The van der Waals surface area contributed by atoms with E-state index in [2.05, 4.69) is 4.74 Å². The van der Waals surface area contributed by atoms with Crippen LogP contribution in [0.5, 0.6) is 5.75 Å². The predicted octanol–water partition coefficient (Wildman–Crippen LogP) is 6.24. The fraction of sp³-hybridized carbons (Fsp3) is 0.250. The van der Waals surface area contributed by atoms with Crippen LogP contribution < -0.4 is 5.43 Å². The lowest BCUT2D eigenvalue weighted by Gasteiger charge is -2.16. The molecule has 0 unspecified atom stereocenters. The largest absolute Gasteiger partial charge is 0.508 e. The van der Waals surface area contributed by atoms with Crippen LogP contribution in [0.25, 0.3) is 33.4 Å². The van der Waals surface area contributed by atoms with Gasteiger partial charge in [0.2, 0.25) is 0 Å². The van der Waals surface area contributed by atoms with Crippen LogP contribution >= 0.6 is 0 Å². The van der Waals surface area contributed by atoms with E-state index in [1.54, 1.807) is 37.4 Å². The lowest BCUT2D eigenvalue weighted by atomic mass is 9.91. The lowest BCUT2D eigenvalue weighted by Crippen LogP contribution is -2.03. The first-order valence-corrected chi connectivity index (χ1v) is 11.2. The highest BCUT2D eigenvalue weighted by atomic mass is 16.5. The van der Waals surface area contributed by atoms with E-state index >= 15 is 0 Å². The number of aromatic carboxylic acids is 1. The summed E-state index contributed by atoms with van der Waals surface area (Å²) in [7, 11) is 1.68. The van der Waals surface area contributed by atoms with Crippen LogP contribution in [0.1, 0.15) is 45.0 Å². The lowest BCUT2D eigenvalue weighted by molar-refractivity contribution is -0.115. The van der Waals surface area contributed by atoms with E-state index in [1.165, 1.54) is 44.2 Å². The number of rotatable bonds is 3. The molecule has 1 aliphatic carbocycles. The van der Waals surface area contributed by atoms with Crippen molar-refractivity contribution in [2.75, 3.05) is 13.7 Å². The molecule has 186 valence electrons. The highest BCUT2D eigenvalue weighted by molar-refractivity contribution is 6.07. The summed E-state index contributed by atoms with van der Waals surface area (Å²) in [5.41, 5.74) is 2.10. The van der Waals surface area contributed by atoms with Crippen molar-refractivity contribution in [3.8, 4) is 28.2 Å². The van der Waals surface area contributed by atoms with E-state index in [0.29, 0.717) is 33.4 Å². The monoisotopic (exact) mass is 480 g/mol. The highest BCUT2D eigenvalue weighted by Gasteiger charge is 2.21. The molecular weight excluding hydrogens is 448 g/mol. The van der Waals surface area contributed by atoms with Gasteiger partial charge in [-0.1, -0.05) is 32.0 Å². The number of fused-ring (bicyclic) bond motifs is 2. The molecule has 0 fully saturated rings. The number of carboxylic acid groups (broad SMARTS) is 1. The smallest absolute Gasteiger partial charge is 0.336 e. The van der Waals surface area contributed by atoms with E-state index in [4.69, 9.17) is 4.42 Å². The molecule has 1 aliphatic heterocycles. The SMILES string of the molecule is CC.CC(C)=O.CCOC.O=C(O)c1ccccc1-c1c2ccc(=O)cc-2oc2cc(O)ccc12. The molecule has 0 amide bonds. The summed E-state index contributed by atoms with van der Waals surface area (Å²) in [5, 5.41) is 19.9. The zero-order valence-corrected chi connectivity index (χ0v) is 20.9. The Morgan fingerprint density at radius 2 is 1.54 bits per heavy atom. The molecule has 0 bridgehead atoms. The first-order valence-electron chi connectivity index (χ1n) is 11.2. The number of Topliss-reactive ketones (excluding diaryl/α,β-unsaturated/α-hetero) is 1. The van der Waals surface area contributed by atoms with Gasteiger partial charge in [-0.2, -0.15) is 0 Å². The van der Waals surface area contributed by atoms with Crippen molar-refractivity contribution >= 4 is 22.7 Å². The third kappa shape index (κ3) is 8.08. The van der Waals surface area contributed by atoms with Crippen LogP contribution in [0.2, 0.25) is 0 Å². The van der Waals surface area contributed by atoms with Gasteiger partial charge in [-0.05, 0) is 56.7 Å². The topological polar surface area (TPSA) is 114 Å². The number of aromatic hydroxyl groups is 1. The first kappa shape index (κ1) is 29.1. The molecule has 4 rings (SSSR count). The zero-order valence-electron chi connectivity index (χ0n) is 20.9. The molecule has 0 saturated carbocycles. The van der Waals surface area contributed by atoms with E-state index in [-0.39, 0.29) is 22.5 Å². The first-order chi connectivity index (χ1) is 16.7. The number of ketones is 1. The maximum absolute atomic E-state index is 11.7. The molecule has 1 heterocycles. The molecular formula is C28H32O7. The van der Waals surface area contributed by atoms with Gasteiger partial charge in [-0.15, -0.1) is 0 Å². The van der Waals surface area contributed by atoms with Crippen molar-refractivity contribution < 1.29 is 29.0 Å². The van der Waals surface area contributed by atoms with E-state index in [0.717, 1.165) is 6.61 Å². The number of hydrogen-bond acceptors (Lipinski definition) is 6. The fourth-order valence-corrected chi connectivity index (χ4v) is 3.04. The molecule has 35 heavy (non-hydrogen) atoms. The molecule has 0 saturated heterocycles. The zero-order chi connectivity index (χ0) is 26.5. The summed E-state index contributed by atoms with van der Waals surface area (Å²) < 4.78 is 10.3. The van der Waals surface area contributed by atoms with Crippen LogP contribution in [0, 0.1) is 0 Å². The third-order valence-electron chi connectivity index (χ3n) is 4.39. The Labute approximate surface area is 204 Å². The summed E-state index contributed by atoms with van der Waals surface area (Å²) in [6, 6.07) is 15.7. The number of carboxylic acids is 1. The number of ether oxygens (including phenoxy) is 1. The number of phenolic OH excluding ortho intramolecular Hbond substituents is 1. The van der Waals surface area contributed by atoms with Crippen molar-refractivity contribution in [2.24, 2.45) is 0 Å². The molecule has 0 aromatic heterocycles. The second-order valence-electron chi connectivity index (χ2n) is 7.15. The molecule has 2 aromatic rings. The van der Waals surface area contributed by atoms with E-state index in [1.807, 2.05) is 20.8 Å². The van der Waals surface area contributed by atoms with E-state index < -0.39 is 5.97 Å². The Morgan fingerprint density at radius 1 is 0.943 bits per heavy atom. The Morgan fingerprint density at radius 3 is 2.11 bits per heavy atom. The van der Waals surface area contributed by atoms with Crippen LogP contribution in [0.3, 0.4) is 0 Å². The Balaban J connectivity index is 0.000000529. The van der Waals surface area contributed by atoms with Gasteiger partial charge < -0.3 is 24.2 Å². The van der Waals surface area contributed by atoms with Crippen LogP contribution in [0.15, 0.2) is 69.9 Å². The van der Waals surface area contributed by atoms with Crippen molar-refractivity contribution in [3.05, 3.63) is 76.5 Å². The molecule has 7 nitrogen and oxygen atoms in total. The summed E-state index contributed by atoms with van der Waals surface area (Å²) in [5.74, 6) is -0.524. The summed E-state index contributed by atoms with van der Waals surface area (Å²) >= 11 is 0. The maximum Gasteiger partial charge on any atom is 0.336 e. The van der Waals surface area contributed by atoms with Gasteiger partial charge in [-0.25, -0.2) is 4.79 Å². The van der Waals surface area contributed by atoms with E-state index in [9.17, 15) is 24.6 Å². The third-order valence-corrected chi connectivity index (χ3v) is 4.39. The molecule has 0 radical (unpaired) electrons. The number of hydrogen-bond donors (Lipinski definition) is 2. The molecule has 2 aliphatic rings. The van der Waals surface area contributed by atoms with Gasteiger partial charge in [-0.3, -0.25) is 4.79 Å². The molecule has 2 N–H and O–H groups in total. The van der Waals surface area contributed by atoms with Crippen molar-refractivity contribution in [3.63, 3.8) is 0 Å². The minimum atomic E-state index is -1.04. The van der Waals surface area contributed by atoms with Gasteiger partial charge in [0.25, 0.3) is 0 Å². The summed E-state index contributed by atoms with van der Waals surface area (Å²) in [4.78, 5) is 32.8. The number of carbonyl (C=O) groups is 2. The van der Waals surface area contributed by atoms with Gasteiger partial charge >= 0.3 is 5.97 Å². The predicted molar refractivity (Wildman–Crippen MR) is 138 cm³/mol. The molecule has 0 atom stereocenters. The molecule has 7 heteroatoms. The summed E-state index contributed by atoms with van der Waals surface area (Å²) in [6.07, 6.45) is 0. The standard InChI is InChI=1S/C20H12O5.C3H8O.C3H6O.C2H6/c21-11-5-7-15-17(9-11)25-18-10-12(22)6-8-16(18)19(15)13-3-1-2-4-14(13)20(23)24;1-3-4-2;1-3(2)4;1-2/h1-10,21H,(H,23,24);3H2,1-2H3;1-2H3;1-2H3. The Bertz CT molecular complexity index is 1280. The van der Waals surface area contributed by atoms with Crippen molar-refractivity contribution in [2.45, 2.75) is 34.6 Å². The van der Waals surface area contributed by atoms with Crippen LogP contribution in [-0.2, 0) is 9.53 Å².